The molecule has 29 heavy (non-hydrogen) atoms. The number of carbonyl (C=O) groups is 1. The van der Waals surface area contributed by atoms with Gasteiger partial charge < -0.3 is 10.6 Å². The van der Waals surface area contributed by atoms with Crippen molar-refractivity contribution in [1.29, 1.82) is 0 Å². The highest BCUT2D eigenvalue weighted by Gasteiger charge is 2.23. The number of nitrogens with zero attached hydrogens (tertiary/aromatic N) is 1. The van der Waals surface area contributed by atoms with Crippen LogP contribution in [0.2, 0.25) is 0 Å². The lowest BCUT2D eigenvalue weighted by molar-refractivity contribution is 0.0926. The predicted octanol–water partition coefficient (Wildman–Crippen LogP) is 5.26. The molecule has 0 radical (unpaired) electrons. The Morgan fingerprint density at radius 1 is 1.00 bits per heavy atom. The number of carbonyl (C=O) groups excluding carboxylic acids is 1. The topological polar surface area (TPSA) is 54.0 Å². The third-order valence-corrected chi connectivity index (χ3v) is 5.44. The fraction of sp³-hybridized carbons (Fsp3) is 0.304. The van der Waals surface area contributed by atoms with E-state index < -0.39 is 0 Å². The quantitative estimate of drug-likeness (QED) is 0.613. The molecule has 0 atom stereocenters. The van der Waals surface area contributed by atoms with Gasteiger partial charge in [0.15, 0.2) is 0 Å². The second-order valence-electron chi connectivity index (χ2n) is 7.51. The average Bonchev–Trinajstić information content (AvgIpc) is 2.70. The largest absolute Gasteiger partial charge is 0.367 e. The van der Waals surface area contributed by atoms with Gasteiger partial charge in [-0.05, 0) is 74.6 Å². The summed E-state index contributed by atoms with van der Waals surface area (Å²) in [5, 5.41) is 7.81. The van der Waals surface area contributed by atoms with Crippen LogP contribution in [0.15, 0.2) is 54.6 Å². The number of hydrogen-bond acceptors (Lipinski definition) is 3. The lowest BCUT2D eigenvalue weighted by Gasteiger charge is -2.30. The number of para-hydroxylation sites is 1. The first kappa shape index (κ1) is 21.1. The molecular weight excluding hydrogens is 389 g/mol. The van der Waals surface area contributed by atoms with E-state index in [9.17, 15) is 9.18 Å². The summed E-state index contributed by atoms with van der Waals surface area (Å²) >= 11 is 0. The van der Waals surface area contributed by atoms with Crippen LogP contribution in [0.3, 0.4) is 0 Å². The molecule has 0 unspecified atom stereocenters. The number of aryl methyl sites for hydroxylation is 1. The Hall–Kier alpha value is -2.66. The summed E-state index contributed by atoms with van der Waals surface area (Å²) < 4.78 is 13.0. The zero-order chi connectivity index (χ0) is 19.5. The monoisotopic (exact) mass is 413 g/mol. The van der Waals surface area contributed by atoms with Crippen molar-refractivity contribution in [1.82, 2.24) is 10.3 Å². The van der Waals surface area contributed by atoms with Gasteiger partial charge in [-0.25, -0.2) is 9.37 Å². The maximum Gasteiger partial charge on any atom is 0.251 e. The molecule has 1 saturated carbocycles. The van der Waals surface area contributed by atoms with Crippen LogP contribution < -0.4 is 10.6 Å². The van der Waals surface area contributed by atoms with Crippen molar-refractivity contribution in [2.24, 2.45) is 0 Å². The van der Waals surface area contributed by atoms with E-state index in [4.69, 9.17) is 4.98 Å². The van der Waals surface area contributed by atoms with Gasteiger partial charge >= 0.3 is 0 Å². The van der Waals surface area contributed by atoms with Gasteiger partial charge in [0.25, 0.3) is 5.91 Å². The molecule has 1 aromatic heterocycles. The Labute approximate surface area is 176 Å². The van der Waals surface area contributed by atoms with Crippen LogP contribution in [-0.2, 0) is 0 Å². The summed E-state index contributed by atoms with van der Waals surface area (Å²) in [6.45, 7) is 2.11. The van der Waals surface area contributed by atoms with Crippen molar-refractivity contribution in [3.8, 4) is 0 Å². The molecule has 1 aliphatic rings. The fourth-order valence-corrected chi connectivity index (χ4v) is 3.88. The van der Waals surface area contributed by atoms with Gasteiger partial charge in [0.05, 0.1) is 5.52 Å². The van der Waals surface area contributed by atoms with Gasteiger partial charge in [0, 0.05) is 23.0 Å². The number of anilines is 1. The average molecular weight is 414 g/mol. The number of pyridine rings is 1. The van der Waals surface area contributed by atoms with E-state index in [0.29, 0.717) is 11.6 Å². The fourth-order valence-electron chi connectivity index (χ4n) is 3.88. The van der Waals surface area contributed by atoms with Crippen LogP contribution in [0.25, 0.3) is 10.9 Å². The minimum atomic E-state index is -0.333. The number of benzene rings is 2. The predicted molar refractivity (Wildman–Crippen MR) is 117 cm³/mol. The van der Waals surface area contributed by atoms with Gasteiger partial charge in [0.2, 0.25) is 0 Å². The normalized spacial score (nSPS) is 18.7. The Balaban J connectivity index is 0.00000240. The zero-order valence-corrected chi connectivity index (χ0v) is 17.1. The van der Waals surface area contributed by atoms with E-state index in [-0.39, 0.29) is 30.2 Å². The van der Waals surface area contributed by atoms with Crippen molar-refractivity contribution < 1.29 is 9.18 Å². The molecule has 1 amide bonds. The van der Waals surface area contributed by atoms with Crippen LogP contribution >= 0.6 is 12.4 Å². The van der Waals surface area contributed by atoms with Gasteiger partial charge in [-0.1, -0.05) is 18.2 Å². The molecule has 4 rings (SSSR count). The molecular formula is C23H25ClFN3O. The highest BCUT2D eigenvalue weighted by atomic mass is 35.5. The van der Waals surface area contributed by atoms with Gasteiger partial charge in [-0.3, -0.25) is 4.79 Å². The maximum atomic E-state index is 13.0. The number of nitrogens with one attached hydrogen (secondary N) is 2. The molecule has 6 heteroatoms. The highest BCUT2D eigenvalue weighted by Crippen LogP contribution is 2.25. The number of hydrogen-bond donors (Lipinski definition) is 2. The van der Waals surface area contributed by atoms with E-state index >= 15 is 0 Å². The van der Waals surface area contributed by atoms with Crippen LogP contribution in [0.5, 0.6) is 0 Å². The third-order valence-electron chi connectivity index (χ3n) is 5.44. The van der Waals surface area contributed by atoms with Crippen molar-refractivity contribution in [3.63, 3.8) is 0 Å². The molecule has 1 heterocycles. The molecule has 2 N–H and O–H groups in total. The Morgan fingerprint density at radius 2 is 1.66 bits per heavy atom. The first-order valence-electron chi connectivity index (χ1n) is 9.78. The molecule has 2 aromatic carbocycles. The van der Waals surface area contributed by atoms with Crippen LogP contribution in [0.1, 0.15) is 41.6 Å². The minimum absolute atomic E-state index is 0. The molecule has 1 aliphatic carbocycles. The van der Waals surface area contributed by atoms with E-state index in [1.54, 1.807) is 0 Å². The van der Waals surface area contributed by atoms with E-state index in [1.807, 2.05) is 18.2 Å². The minimum Gasteiger partial charge on any atom is -0.367 e. The summed E-state index contributed by atoms with van der Waals surface area (Å²) in [6.07, 6.45) is 3.78. The van der Waals surface area contributed by atoms with Crippen molar-refractivity contribution in [2.45, 2.75) is 44.7 Å². The summed E-state index contributed by atoms with van der Waals surface area (Å²) in [5.41, 5.74) is 2.72. The van der Waals surface area contributed by atoms with E-state index in [1.165, 1.54) is 35.2 Å². The van der Waals surface area contributed by atoms with E-state index in [2.05, 4.69) is 29.7 Å². The third kappa shape index (κ3) is 5.04. The molecule has 0 bridgehead atoms. The first-order chi connectivity index (χ1) is 13.6. The summed E-state index contributed by atoms with van der Waals surface area (Å²) in [4.78, 5) is 17.0. The zero-order valence-electron chi connectivity index (χ0n) is 16.3. The molecule has 0 spiro atoms. The lowest BCUT2D eigenvalue weighted by Crippen LogP contribution is -2.40. The van der Waals surface area contributed by atoms with Gasteiger partial charge in [-0.15, -0.1) is 12.4 Å². The molecule has 1 fully saturated rings. The summed E-state index contributed by atoms with van der Waals surface area (Å²) in [5.74, 6) is 0.443. The van der Waals surface area contributed by atoms with Crippen molar-refractivity contribution in [3.05, 3.63) is 71.5 Å². The second kappa shape index (κ2) is 9.23. The number of halogens is 2. The summed E-state index contributed by atoms with van der Waals surface area (Å²) in [7, 11) is 0. The second-order valence-corrected chi connectivity index (χ2v) is 7.51. The SMILES string of the molecule is Cc1cc(N[C@H]2CC[C@@H](NC(=O)c3ccc(F)cc3)CC2)nc2ccccc12.Cl. The standard InChI is InChI=1S/C23H24FN3O.ClH/c1-15-14-22(27-21-5-3-2-4-20(15)21)25-18-10-12-19(13-11-18)26-23(28)16-6-8-17(24)9-7-16;/h2-9,14,18-19H,10-13H2,1H3,(H,25,27)(H,26,28);1H/t18-,19+;. The van der Waals surface area contributed by atoms with E-state index in [0.717, 1.165) is 37.0 Å². The summed E-state index contributed by atoms with van der Waals surface area (Å²) in [6, 6.07) is 16.4. The number of amides is 1. The molecule has 4 nitrogen and oxygen atoms in total. The lowest BCUT2D eigenvalue weighted by atomic mass is 9.91. The number of rotatable bonds is 4. The van der Waals surface area contributed by atoms with Gasteiger partial charge in [-0.2, -0.15) is 0 Å². The smallest absolute Gasteiger partial charge is 0.251 e. The first-order valence-corrected chi connectivity index (χ1v) is 9.78. The highest BCUT2D eigenvalue weighted by molar-refractivity contribution is 5.94. The molecule has 3 aromatic rings. The Kier molecular flexibility index (Phi) is 6.70. The van der Waals surface area contributed by atoms with Crippen molar-refractivity contribution in [2.75, 3.05) is 5.32 Å². The Bertz CT molecular complexity index is 985. The van der Waals surface area contributed by atoms with Crippen LogP contribution in [-0.4, -0.2) is 23.0 Å². The number of fused-ring (bicyclic) bond motifs is 1. The molecule has 152 valence electrons. The molecule has 0 saturated heterocycles. The Morgan fingerprint density at radius 3 is 2.38 bits per heavy atom. The number of aromatic nitrogens is 1. The van der Waals surface area contributed by atoms with Gasteiger partial charge in [0.1, 0.15) is 11.6 Å². The van der Waals surface area contributed by atoms with Crippen molar-refractivity contribution >= 4 is 35.0 Å². The maximum absolute atomic E-state index is 13.0. The van der Waals surface area contributed by atoms with Crippen LogP contribution in [0, 0.1) is 12.7 Å². The van der Waals surface area contributed by atoms with Crippen LogP contribution in [0.4, 0.5) is 10.2 Å². The molecule has 0 aliphatic heterocycles.